The summed E-state index contributed by atoms with van der Waals surface area (Å²) in [5.41, 5.74) is 8.88. The standard InChI is InChI=1S/C18H22N4O2/c1-3-6-13-17(11(2)23)21-18(20-13)15-9-12-7-4-5-8-14(12)22(15)16(24)10-19/h4-5,7-8,15H,3,6,9-10,19H2,1-2H3,(H,20,21). The van der Waals surface area contributed by atoms with Gasteiger partial charge in [0.25, 0.3) is 0 Å². The van der Waals surface area contributed by atoms with Crippen molar-refractivity contribution in [2.75, 3.05) is 11.4 Å². The molecule has 1 aromatic carbocycles. The fourth-order valence-electron chi connectivity index (χ4n) is 3.32. The van der Waals surface area contributed by atoms with Gasteiger partial charge in [0, 0.05) is 24.7 Å². The molecule has 0 spiro atoms. The summed E-state index contributed by atoms with van der Waals surface area (Å²) in [5.74, 6) is 0.442. The number of anilines is 1. The normalized spacial score (nSPS) is 16.3. The number of fused-ring (bicyclic) bond motifs is 1. The van der Waals surface area contributed by atoms with Gasteiger partial charge in [0.05, 0.1) is 12.6 Å². The van der Waals surface area contributed by atoms with Gasteiger partial charge in [0.2, 0.25) is 5.91 Å². The van der Waals surface area contributed by atoms with Crippen molar-refractivity contribution >= 4 is 17.4 Å². The van der Waals surface area contributed by atoms with E-state index in [-0.39, 0.29) is 24.3 Å². The highest BCUT2D eigenvalue weighted by molar-refractivity contribution is 5.97. The van der Waals surface area contributed by atoms with Crippen molar-refractivity contribution in [1.82, 2.24) is 9.97 Å². The van der Waals surface area contributed by atoms with Crippen LogP contribution in [0.1, 0.15) is 53.9 Å². The number of benzene rings is 1. The molecule has 0 radical (unpaired) electrons. The lowest BCUT2D eigenvalue weighted by Gasteiger charge is -2.23. The zero-order valence-corrected chi connectivity index (χ0v) is 14.0. The van der Waals surface area contributed by atoms with Gasteiger partial charge in [-0.25, -0.2) is 4.98 Å². The number of hydrogen-bond donors (Lipinski definition) is 2. The average molecular weight is 326 g/mol. The van der Waals surface area contributed by atoms with E-state index in [1.54, 1.807) is 4.90 Å². The molecule has 0 bridgehead atoms. The molecule has 1 aliphatic rings. The third-order valence-corrected chi connectivity index (χ3v) is 4.37. The summed E-state index contributed by atoms with van der Waals surface area (Å²) >= 11 is 0. The molecule has 1 aliphatic heterocycles. The largest absolute Gasteiger partial charge is 0.343 e. The first-order chi connectivity index (χ1) is 11.6. The van der Waals surface area contributed by atoms with Crippen LogP contribution in [0.5, 0.6) is 0 Å². The summed E-state index contributed by atoms with van der Waals surface area (Å²) < 4.78 is 0. The van der Waals surface area contributed by atoms with Crippen molar-refractivity contribution < 1.29 is 9.59 Å². The van der Waals surface area contributed by atoms with E-state index in [0.29, 0.717) is 17.9 Å². The summed E-state index contributed by atoms with van der Waals surface area (Å²) in [6.45, 7) is 3.51. The Bertz CT molecular complexity index is 781. The van der Waals surface area contributed by atoms with Gasteiger partial charge in [-0.05, 0) is 18.1 Å². The van der Waals surface area contributed by atoms with Crippen LogP contribution in [0.3, 0.4) is 0 Å². The number of carbonyl (C=O) groups excluding carboxylic acids is 2. The number of Topliss-reactive ketones (excluding diaryl/α,β-unsaturated/α-hetero) is 1. The van der Waals surface area contributed by atoms with Crippen LogP contribution in [-0.2, 0) is 17.6 Å². The van der Waals surface area contributed by atoms with Gasteiger partial charge in [-0.2, -0.15) is 0 Å². The lowest BCUT2D eigenvalue weighted by molar-refractivity contribution is -0.117. The van der Waals surface area contributed by atoms with Gasteiger partial charge in [-0.1, -0.05) is 31.5 Å². The molecule has 0 aliphatic carbocycles. The number of aryl methyl sites for hydroxylation is 1. The Morgan fingerprint density at radius 1 is 1.38 bits per heavy atom. The number of imidazole rings is 1. The SMILES string of the molecule is CCCc1[nH]c(C2Cc3ccccc3N2C(=O)CN)nc1C(C)=O. The zero-order chi connectivity index (χ0) is 17.3. The van der Waals surface area contributed by atoms with Gasteiger partial charge in [0.1, 0.15) is 11.5 Å². The smallest absolute Gasteiger partial charge is 0.241 e. The summed E-state index contributed by atoms with van der Waals surface area (Å²) in [6.07, 6.45) is 2.34. The molecule has 2 heterocycles. The fraction of sp³-hybridized carbons (Fsp3) is 0.389. The van der Waals surface area contributed by atoms with E-state index in [1.807, 2.05) is 24.3 Å². The van der Waals surface area contributed by atoms with Crippen LogP contribution >= 0.6 is 0 Å². The molecular weight excluding hydrogens is 304 g/mol. The minimum atomic E-state index is -0.248. The van der Waals surface area contributed by atoms with E-state index in [1.165, 1.54) is 6.92 Å². The lowest BCUT2D eigenvalue weighted by Crippen LogP contribution is -2.37. The van der Waals surface area contributed by atoms with Gasteiger partial charge in [-0.15, -0.1) is 0 Å². The number of rotatable bonds is 5. The fourth-order valence-corrected chi connectivity index (χ4v) is 3.32. The Morgan fingerprint density at radius 3 is 2.79 bits per heavy atom. The minimum absolute atomic E-state index is 0.0619. The Morgan fingerprint density at radius 2 is 2.12 bits per heavy atom. The van der Waals surface area contributed by atoms with Crippen LogP contribution in [0.25, 0.3) is 0 Å². The molecule has 6 heteroatoms. The van der Waals surface area contributed by atoms with Crippen molar-refractivity contribution in [3.63, 3.8) is 0 Å². The molecule has 6 nitrogen and oxygen atoms in total. The van der Waals surface area contributed by atoms with Crippen molar-refractivity contribution in [3.8, 4) is 0 Å². The van der Waals surface area contributed by atoms with E-state index in [4.69, 9.17) is 5.73 Å². The number of hydrogen-bond acceptors (Lipinski definition) is 4. The molecule has 1 aromatic heterocycles. The molecule has 0 saturated heterocycles. The Balaban J connectivity index is 2.04. The van der Waals surface area contributed by atoms with Crippen LogP contribution < -0.4 is 10.6 Å². The van der Waals surface area contributed by atoms with E-state index in [0.717, 1.165) is 29.8 Å². The van der Waals surface area contributed by atoms with E-state index >= 15 is 0 Å². The molecule has 0 fully saturated rings. The Labute approximate surface area is 141 Å². The maximum Gasteiger partial charge on any atom is 0.241 e. The average Bonchev–Trinajstić information content (AvgIpc) is 3.15. The minimum Gasteiger partial charge on any atom is -0.343 e. The van der Waals surface area contributed by atoms with Crippen LogP contribution in [0.2, 0.25) is 0 Å². The third-order valence-electron chi connectivity index (χ3n) is 4.37. The van der Waals surface area contributed by atoms with Gasteiger partial charge >= 0.3 is 0 Å². The topological polar surface area (TPSA) is 92.1 Å². The third kappa shape index (κ3) is 2.73. The highest BCUT2D eigenvalue weighted by Gasteiger charge is 2.36. The van der Waals surface area contributed by atoms with Crippen molar-refractivity contribution in [2.24, 2.45) is 5.73 Å². The molecular formula is C18H22N4O2. The lowest BCUT2D eigenvalue weighted by atomic mass is 10.1. The number of amides is 1. The number of carbonyl (C=O) groups is 2. The van der Waals surface area contributed by atoms with Crippen molar-refractivity contribution in [1.29, 1.82) is 0 Å². The second-order valence-corrected chi connectivity index (χ2v) is 6.07. The molecule has 2 aromatic rings. The summed E-state index contributed by atoms with van der Waals surface area (Å²) in [7, 11) is 0. The maximum absolute atomic E-state index is 12.4. The van der Waals surface area contributed by atoms with Crippen molar-refractivity contribution in [3.05, 3.63) is 47.0 Å². The molecule has 1 unspecified atom stereocenters. The molecule has 1 amide bonds. The van der Waals surface area contributed by atoms with Gasteiger partial charge in [0.15, 0.2) is 5.78 Å². The predicted octanol–water partition coefficient (Wildman–Crippen LogP) is 2.15. The second-order valence-electron chi connectivity index (χ2n) is 6.07. The number of nitrogens with one attached hydrogen (secondary N) is 1. The number of aromatic amines is 1. The number of ketones is 1. The first kappa shape index (κ1) is 16.4. The molecule has 0 saturated carbocycles. The van der Waals surface area contributed by atoms with Crippen LogP contribution in [0.4, 0.5) is 5.69 Å². The highest BCUT2D eigenvalue weighted by Crippen LogP contribution is 2.39. The first-order valence-corrected chi connectivity index (χ1v) is 8.26. The molecule has 24 heavy (non-hydrogen) atoms. The monoisotopic (exact) mass is 326 g/mol. The van der Waals surface area contributed by atoms with Crippen LogP contribution in [-0.4, -0.2) is 28.2 Å². The summed E-state index contributed by atoms with van der Waals surface area (Å²) in [6, 6.07) is 7.54. The number of para-hydroxylation sites is 1. The second kappa shape index (κ2) is 6.57. The number of nitrogens with two attached hydrogens (primary N) is 1. The van der Waals surface area contributed by atoms with Crippen LogP contribution in [0, 0.1) is 0 Å². The predicted molar refractivity (Wildman–Crippen MR) is 92.0 cm³/mol. The summed E-state index contributed by atoms with van der Waals surface area (Å²) in [4.78, 5) is 33.8. The molecule has 3 rings (SSSR count). The Hall–Kier alpha value is -2.47. The highest BCUT2D eigenvalue weighted by atomic mass is 16.2. The van der Waals surface area contributed by atoms with E-state index in [9.17, 15) is 9.59 Å². The van der Waals surface area contributed by atoms with Crippen LogP contribution in [0.15, 0.2) is 24.3 Å². The molecule has 1 atom stereocenters. The van der Waals surface area contributed by atoms with E-state index < -0.39 is 0 Å². The number of nitrogens with zero attached hydrogens (tertiary/aromatic N) is 2. The molecule has 126 valence electrons. The maximum atomic E-state index is 12.4. The van der Waals surface area contributed by atoms with Gasteiger partial charge in [-0.3, -0.25) is 9.59 Å². The summed E-state index contributed by atoms with van der Waals surface area (Å²) in [5, 5.41) is 0. The quantitative estimate of drug-likeness (QED) is 0.824. The number of H-pyrrole nitrogens is 1. The molecule has 3 N–H and O–H groups in total. The Kier molecular flexibility index (Phi) is 4.49. The first-order valence-electron chi connectivity index (χ1n) is 8.26. The van der Waals surface area contributed by atoms with Crippen molar-refractivity contribution in [2.45, 2.75) is 39.2 Å². The van der Waals surface area contributed by atoms with E-state index in [2.05, 4.69) is 16.9 Å². The zero-order valence-electron chi connectivity index (χ0n) is 14.0. The number of aromatic nitrogens is 2. The van der Waals surface area contributed by atoms with Gasteiger partial charge < -0.3 is 15.6 Å².